The fourth-order valence-corrected chi connectivity index (χ4v) is 3.35. The molecule has 3 atom stereocenters. The standard InChI is InChI=1S/C19H16F3N3O5/c1-10-5-7-11(8-6-10)16(26)14-15(12-3-2-4-13(9-12)25(29)30)23-17(27)24-18(14,28)19(20,21)22/h2-9,14-15,28H,1H3,(H2,23,24,27)/t14-,15+,18-/m1/s1. The van der Waals surface area contributed by atoms with E-state index in [2.05, 4.69) is 5.32 Å². The number of hydrogen-bond donors (Lipinski definition) is 3. The van der Waals surface area contributed by atoms with Crippen molar-refractivity contribution in [2.45, 2.75) is 24.9 Å². The van der Waals surface area contributed by atoms with Crippen LogP contribution in [-0.4, -0.2) is 33.7 Å². The van der Waals surface area contributed by atoms with Crippen LogP contribution in [0, 0.1) is 23.0 Å². The number of amides is 2. The number of urea groups is 1. The highest BCUT2D eigenvalue weighted by atomic mass is 19.4. The van der Waals surface area contributed by atoms with Crippen molar-refractivity contribution in [3.05, 3.63) is 75.3 Å². The lowest BCUT2D eigenvalue weighted by Crippen LogP contribution is -2.72. The maximum atomic E-state index is 13.8. The van der Waals surface area contributed by atoms with Crippen molar-refractivity contribution in [1.82, 2.24) is 10.6 Å². The average Bonchev–Trinajstić information content (AvgIpc) is 2.66. The van der Waals surface area contributed by atoms with Crippen molar-refractivity contribution in [3.63, 3.8) is 0 Å². The second-order valence-corrected chi connectivity index (χ2v) is 6.90. The van der Waals surface area contributed by atoms with Crippen LogP contribution in [0.15, 0.2) is 48.5 Å². The van der Waals surface area contributed by atoms with Gasteiger partial charge in [-0.25, -0.2) is 4.79 Å². The summed E-state index contributed by atoms with van der Waals surface area (Å²) >= 11 is 0. The Kier molecular flexibility index (Phi) is 5.25. The van der Waals surface area contributed by atoms with Crippen LogP contribution in [0.1, 0.15) is 27.5 Å². The molecule has 2 aromatic carbocycles. The van der Waals surface area contributed by atoms with Crippen LogP contribution in [0.5, 0.6) is 0 Å². The van der Waals surface area contributed by atoms with Gasteiger partial charge in [-0.3, -0.25) is 14.9 Å². The van der Waals surface area contributed by atoms with Crippen LogP contribution < -0.4 is 10.6 Å². The Morgan fingerprint density at radius 3 is 2.40 bits per heavy atom. The molecular formula is C19H16F3N3O5. The second-order valence-electron chi connectivity index (χ2n) is 6.90. The van der Waals surface area contributed by atoms with E-state index >= 15 is 0 Å². The molecule has 2 amide bonds. The third-order valence-corrected chi connectivity index (χ3v) is 4.86. The number of carbonyl (C=O) groups excluding carboxylic acids is 2. The number of nitrogens with zero attached hydrogens (tertiary/aromatic N) is 1. The molecule has 0 aromatic heterocycles. The van der Waals surface area contributed by atoms with E-state index in [-0.39, 0.29) is 11.1 Å². The van der Waals surface area contributed by atoms with Crippen LogP contribution >= 0.6 is 0 Å². The number of rotatable bonds is 4. The molecular weight excluding hydrogens is 407 g/mol. The van der Waals surface area contributed by atoms with Crippen LogP contribution in [0.2, 0.25) is 0 Å². The monoisotopic (exact) mass is 423 g/mol. The van der Waals surface area contributed by atoms with Crippen molar-refractivity contribution in [3.8, 4) is 0 Å². The summed E-state index contributed by atoms with van der Waals surface area (Å²) in [7, 11) is 0. The molecule has 1 heterocycles. The third kappa shape index (κ3) is 3.71. The van der Waals surface area contributed by atoms with Crippen LogP contribution in [0.3, 0.4) is 0 Å². The summed E-state index contributed by atoms with van der Waals surface area (Å²) in [6.45, 7) is 1.72. The quantitative estimate of drug-likeness (QED) is 0.397. The number of carbonyl (C=O) groups is 2. The predicted octanol–water partition coefficient (Wildman–Crippen LogP) is 3.01. The van der Waals surface area contributed by atoms with E-state index in [4.69, 9.17) is 0 Å². The van der Waals surface area contributed by atoms with E-state index < -0.39 is 46.3 Å². The summed E-state index contributed by atoms with van der Waals surface area (Å²) in [5.41, 5.74) is -3.85. The number of halogens is 3. The number of non-ortho nitro benzene ring substituents is 1. The normalized spacial score (nSPS) is 24.0. The molecule has 0 bridgehead atoms. The summed E-state index contributed by atoms with van der Waals surface area (Å²) in [6.07, 6.45) is -5.41. The Labute approximate surface area is 167 Å². The number of alkyl halides is 3. The minimum atomic E-state index is -5.41. The Morgan fingerprint density at radius 1 is 1.20 bits per heavy atom. The number of nitro groups is 1. The van der Waals surface area contributed by atoms with E-state index in [0.29, 0.717) is 0 Å². The van der Waals surface area contributed by atoms with E-state index in [1.807, 2.05) is 0 Å². The molecule has 0 unspecified atom stereocenters. The zero-order chi connectivity index (χ0) is 22.3. The lowest BCUT2D eigenvalue weighted by Gasteiger charge is -2.45. The van der Waals surface area contributed by atoms with Gasteiger partial charge in [0, 0.05) is 17.7 Å². The summed E-state index contributed by atoms with van der Waals surface area (Å²) in [5, 5.41) is 25.1. The summed E-state index contributed by atoms with van der Waals surface area (Å²) < 4.78 is 41.5. The van der Waals surface area contributed by atoms with Gasteiger partial charge < -0.3 is 15.7 Å². The van der Waals surface area contributed by atoms with E-state index in [1.54, 1.807) is 6.92 Å². The van der Waals surface area contributed by atoms with Crippen molar-refractivity contribution < 1.29 is 32.8 Å². The van der Waals surface area contributed by atoms with Crippen molar-refractivity contribution >= 4 is 17.5 Å². The van der Waals surface area contributed by atoms with E-state index in [1.165, 1.54) is 41.7 Å². The number of benzene rings is 2. The molecule has 0 spiro atoms. The highest BCUT2D eigenvalue weighted by Gasteiger charge is 2.66. The molecule has 3 rings (SSSR count). The molecule has 0 aliphatic carbocycles. The number of nitrogens with one attached hydrogen (secondary N) is 2. The average molecular weight is 423 g/mol. The smallest absolute Gasteiger partial charge is 0.363 e. The van der Waals surface area contributed by atoms with Crippen LogP contribution in [0.25, 0.3) is 0 Å². The van der Waals surface area contributed by atoms with Gasteiger partial charge in [-0.15, -0.1) is 0 Å². The SMILES string of the molecule is Cc1ccc(C(=O)[C@H]2[C@H](c3cccc([N+](=O)[O-])c3)NC(=O)N[C@]2(O)C(F)(F)F)cc1. The van der Waals surface area contributed by atoms with E-state index in [0.717, 1.165) is 17.7 Å². The van der Waals surface area contributed by atoms with Crippen molar-refractivity contribution in [2.75, 3.05) is 0 Å². The molecule has 3 N–H and O–H groups in total. The van der Waals surface area contributed by atoms with Crippen LogP contribution in [0.4, 0.5) is 23.7 Å². The van der Waals surface area contributed by atoms with E-state index in [9.17, 15) is 38.0 Å². The number of Topliss-reactive ketones (excluding diaryl/α,β-unsaturated/α-hetero) is 1. The summed E-state index contributed by atoms with van der Waals surface area (Å²) in [4.78, 5) is 35.3. The fraction of sp³-hybridized carbons (Fsp3) is 0.263. The highest BCUT2D eigenvalue weighted by Crippen LogP contribution is 2.44. The first-order valence-corrected chi connectivity index (χ1v) is 8.67. The molecule has 1 saturated heterocycles. The highest BCUT2D eigenvalue weighted by molar-refractivity contribution is 6.00. The summed E-state index contributed by atoms with van der Waals surface area (Å²) in [5.74, 6) is -3.35. The Bertz CT molecular complexity index is 1010. The van der Waals surface area contributed by atoms with Gasteiger partial charge >= 0.3 is 12.2 Å². The van der Waals surface area contributed by atoms with Gasteiger partial charge in [-0.2, -0.15) is 13.2 Å². The van der Waals surface area contributed by atoms with Gasteiger partial charge in [0.1, 0.15) is 5.92 Å². The molecule has 30 heavy (non-hydrogen) atoms. The topological polar surface area (TPSA) is 122 Å². The maximum Gasteiger partial charge on any atom is 0.437 e. The van der Waals surface area contributed by atoms with Gasteiger partial charge in [0.15, 0.2) is 5.78 Å². The minimum Gasteiger partial charge on any atom is -0.363 e. The zero-order valence-corrected chi connectivity index (χ0v) is 15.4. The predicted molar refractivity (Wildman–Crippen MR) is 97.5 cm³/mol. The fourth-order valence-electron chi connectivity index (χ4n) is 3.35. The minimum absolute atomic E-state index is 0.123. The van der Waals surface area contributed by atoms with Crippen molar-refractivity contribution in [1.29, 1.82) is 0 Å². The molecule has 11 heteroatoms. The zero-order valence-electron chi connectivity index (χ0n) is 15.4. The first-order valence-electron chi connectivity index (χ1n) is 8.67. The lowest BCUT2D eigenvalue weighted by molar-refractivity contribution is -0.385. The van der Waals surface area contributed by atoms with Gasteiger partial charge in [-0.05, 0) is 12.5 Å². The molecule has 1 aliphatic rings. The van der Waals surface area contributed by atoms with Gasteiger partial charge in [0.25, 0.3) is 5.69 Å². The third-order valence-electron chi connectivity index (χ3n) is 4.86. The number of aliphatic hydroxyl groups is 1. The van der Waals surface area contributed by atoms with Gasteiger partial charge in [-0.1, -0.05) is 42.0 Å². The molecule has 1 aliphatic heterocycles. The Morgan fingerprint density at radius 2 is 1.83 bits per heavy atom. The Hall–Kier alpha value is -3.47. The maximum absolute atomic E-state index is 13.8. The summed E-state index contributed by atoms with van der Waals surface area (Å²) in [6, 6.07) is 7.07. The van der Waals surface area contributed by atoms with Crippen LogP contribution in [-0.2, 0) is 0 Å². The first kappa shape index (κ1) is 21.2. The molecule has 0 saturated carbocycles. The molecule has 158 valence electrons. The molecule has 0 radical (unpaired) electrons. The number of ketones is 1. The number of nitro benzene ring substituents is 1. The second kappa shape index (κ2) is 7.41. The number of hydrogen-bond acceptors (Lipinski definition) is 5. The number of aryl methyl sites for hydroxylation is 1. The largest absolute Gasteiger partial charge is 0.437 e. The van der Waals surface area contributed by atoms with Gasteiger partial charge in [0.05, 0.1) is 11.0 Å². The van der Waals surface area contributed by atoms with Crippen molar-refractivity contribution in [2.24, 2.45) is 5.92 Å². The molecule has 8 nitrogen and oxygen atoms in total. The lowest BCUT2D eigenvalue weighted by atomic mass is 9.77. The molecule has 1 fully saturated rings. The van der Waals surface area contributed by atoms with Gasteiger partial charge in [0.2, 0.25) is 5.72 Å². The first-order chi connectivity index (χ1) is 13.9. The Balaban J connectivity index is 2.18. The molecule has 2 aromatic rings.